The van der Waals surface area contributed by atoms with Gasteiger partial charge in [-0.1, -0.05) is 42.0 Å². The highest BCUT2D eigenvalue weighted by atomic mass is 16.1. The van der Waals surface area contributed by atoms with Crippen LogP contribution in [-0.2, 0) is 6.54 Å². The van der Waals surface area contributed by atoms with Crippen LogP contribution in [0.4, 0.5) is 0 Å². The maximum atomic E-state index is 12.5. The monoisotopic (exact) mass is 281 g/mol. The van der Waals surface area contributed by atoms with Gasteiger partial charge in [0, 0.05) is 12.1 Å². The van der Waals surface area contributed by atoms with E-state index in [9.17, 15) is 4.79 Å². The van der Waals surface area contributed by atoms with Crippen LogP contribution in [0.5, 0.6) is 0 Å². The zero-order valence-electron chi connectivity index (χ0n) is 13.3. The number of Topliss-reactive ketones (excluding diaryl/α,β-unsaturated/α-hetero) is 1. The number of carbonyl (C=O) groups is 1. The van der Waals surface area contributed by atoms with E-state index >= 15 is 0 Å². The maximum absolute atomic E-state index is 12.5. The summed E-state index contributed by atoms with van der Waals surface area (Å²) in [5.74, 6) is 0.187. The number of carbonyl (C=O) groups excluding carboxylic acids is 1. The molecule has 0 bridgehead atoms. The largest absolute Gasteiger partial charge is 0.295 e. The van der Waals surface area contributed by atoms with Crippen molar-refractivity contribution in [3.8, 4) is 0 Å². The zero-order valence-corrected chi connectivity index (χ0v) is 13.3. The van der Waals surface area contributed by atoms with E-state index in [2.05, 4.69) is 24.0 Å². The standard InChI is InChI=1S/C19H23NO/c1-14-9-10-16(3)18(11-14)19(21)13-20(4)12-17-8-6-5-7-15(17)2/h5-11H,12-13H2,1-4H3. The number of aryl methyl sites for hydroxylation is 3. The molecule has 21 heavy (non-hydrogen) atoms. The molecule has 110 valence electrons. The number of ketones is 1. The predicted octanol–water partition coefficient (Wildman–Crippen LogP) is 3.93. The van der Waals surface area contributed by atoms with Gasteiger partial charge in [0.15, 0.2) is 5.78 Å². The summed E-state index contributed by atoms with van der Waals surface area (Å²) in [7, 11) is 2.00. The van der Waals surface area contributed by atoms with Crippen molar-refractivity contribution in [2.24, 2.45) is 0 Å². The van der Waals surface area contributed by atoms with E-state index in [1.54, 1.807) is 0 Å². The fourth-order valence-electron chi connectivity index (χ4n) is 2.50. The molecule has 0 aromatic heterocycles. The average molecular weight is 281 g/mol. The summed E-state index contributed by atoms with van der Waals surface area (Å²) < 4.78 is 0. The van der Waals surface area contributed by atoms with E-state index in [1.165, 1.54) is 11.1 Å². The fraction of sp³-hybridized carbons (Fsp3) is 0.316. The third-order valence-electron chi connectivity index (χ3n) is 3.81. The summed E-state index contributed by atoms with van der Waals surface area (Å²) >= 11 is 0. The van der Waals surface area contributed by atoms with E-state index < -0.39 is 0 Å². The van der Waals surface area contributed by atoms with Gasteiger partial charge in [-0.2, -0.15) is 0 Å². The lowest BCUT2D eigenvalue weighted by Gasteiger charge is -2.18. The SMILES string of the molecule is Cc1ccc(C)c(C(=O)CN(C)Cc2ccccc2C)c1. The number of rotatable bonds is 5. The van der Waals surface area contributed by atoms with Crippen LogP contribution >= 0.6 is 0 Å². The van der Waals surface area contributed by atoms with Crippen molar-refractivity contribution < 1.29 is 4.79 Å². The minimum absolute atomic E-state index is 0.187. The van der Waals surface area contributed by atoms with Gasteiger partial charge in [0.1, 0.15) is 0 Å². The molecule has 2 rings (SSSR count). The summed E-state index contributed by atoms with van der Waals surface area (Å²) in [5, 5.41) is 0. The van der Waals surface area contributed by atoms with Crippen LogP contribution in [0.2, 0.25) is 0 Å². The predicted molar refractivity (Wildman–Crippen MR) is 87.8 cm³/mol. The lowest BCUT2D eigenvalue weighted by atomic mass is 10.0. The highest BCUT2D eigenvalue weighted by molar-refractivity contribution is 5.99. The third-order valence-corrected chi connectivity index (χ3v) is 3.81. The molecule has 0 aliphatic heterocycles. The van der Waals surface area contributed by atoms with Crippen molar-refractivity contribution in [3.05, 3.63) is 70.3 Å². The lowest BCUT2D eigenvalue weighted by Crippen LogP contribution is -2.26. The second kappa shape index (κ2) is 6.68. The molecule has 0 atom stereocenters. The number of likely N-dealkylation sites (N-methyl/N-ethyl adjacent to an activating group) is 1. The Bertz CT molecular complexity index is 646. The molecule has 2 aromatic rings. The van der Waals surface area contributed by atoms with Crippen LogP contribution in [0.15, 0.2) is 42.5 Å². The molecule has 0 heterocycles. The number of benzene rings is 2. The summed E-state index contributed by atoms with van der Waals surface area (Å²) in [6, 6.07) is 14.4. The molecule has 0 saturated carbocycles. The van der Waals surface area contributed by atoms with Crippen LogP contribution in [0.1, 0.15) is 32.6 Å². The van der Waals surface area contributed by atoms with Gasteiger partial charge < -0.3 is 0 Å². The summed E-state index contributed by atoms with van der Waals surface area (Å²) in [5.41, 5.74) is 5.56. The van der Waals surface area contributed by atoms with E-state index in [1.807, 2.05) is 51.2 Å². The number of nitrogens with zero attached hydrogens (tertiary/aromatic N) is 1. The average Bonchev–Trinajstić information content (AvgIpc) is 2.44. The highest BCUT2D eigenvalue weighted by Gasteiger charge is 2.12. The first-order valence-electron chi connectivity index (χ1n) is 7.31. The third kappa shape index (κ3) is 4.02. The molecular weight excluding hydrogens is 258 g/mol. The summed E-state index contributed by atoms with van der Waals surface area (Å²) in [6.07, 6.45) is 0. The first kappa shape index (κ1) is 15.5. The van der Waals surface area contributed by atoms with E-state index in [4.69, 9.17) is 0 Å². The van der Waals surface area contributed by atoms with E-state index in [-0.39, 0.29) is 5.78 Å². The molecule has 2 heteroatoms. The smallest absolute Gasteiger partial charge is 0.177 e. The van der Waals surface area contributed by atoms with Gasteiger partial charge in [0.2, 0.25) is 0 Å². The van der Waals surface area contributed by atoms with Crippen molar-refractivity contribution in [2.45, 2.75) is 27.3 Å². The first-order chi connectivity index (χ1) is 9.97. The first-order valence-corrected chi connectivity index (χ1v) is 7.31. The van der Waals surface area contributed by atoms with Crippen molar-refractivity contribution in [2.75, 3.05) is 13.6 Å². The van der Waals surface area contributed by atoms with Crippen LogP contribution < -0.4 is 0 Å². The molecule has 0 saturated heterocycles. The van der Waals surface area contributed by atoms with E-state index in [0.29, 0.717) is 6.54 Å². The van der Waals surface area contributed by atoms with Crippen molar-refractivity contribution in [1.82, 2.24) is 4.90 Å². The molecule has 0 N–H and O–H groups in total. The maximum Gasteiger partial charge on any atom is 0.177 e. The molecule has 0 aliphatic carbocycles. The van der Waals surface area contributed by atoms with Gasteiger partial charge in [-0.05, 0) is 50.6 Å². The summed E-state index contributed by atoms with van der Waals surface area (Å²) in [4.78, 5) is 14.5. The Morgan fingerprint density at radius 2 is 1.71 bits per heavy atom. The Kier molecular flexibility index (Phi) is 4.92. The van der Waals surface area contributed by atoms with Gasteiger partial charge in [-0.3, -0.25) is 9.69 Å². The highest BCUT2D eigenvalue weighted by Crippen LogP contribution is 2.13. The van der Waals surface area contributed by atoms with Crippen LogP contribution in [0, 0.1) is 20.8 Å². The van der Waals surface area contributed by atoms with Crippen molar-refractivity contribution in [1.29, 1.82) is 0 Å². The molecule has 0 amide bonds. The molecule has 0 radical (unpaired) electrons. The zero-order chi connectivity index (χ0) is 15.4. The normalized spacial score (nSPS) is 10.9. The Balaban J connectivity index is 2.06. The molecule has 2 aromatic carbocycles. The molecule has 0 unspecified atom stereocenters. The van der Waals surface area contributed by atoms with Gasteiger partial charge >= 0.3 is 0 Å². The molecule has 0 aliphatic rings. The Labute approximate surface area is 127 Å². The number of hydrogen-bond donors (Lipinski definition) is 0. The summed E-state index contributed by atoms with van der Waals surface area (Å²) in [6.45, 7) is 7.36. The van der Waals surface area contributed by atoms with E-state index in [0.717, 1.165) is 23.2 Å². The van der Waals surface area contributed by atoms with Crippen LogP contribution in [0.3, 0.4) is 0 Å². The minimum Gasteiger partial charge on any atom is -0.295 e. The Morgan fingerprint density at radius 1 is 1.00 bits per heavy atom. The molecule has 0 fully saturated rings. The Hall–Kier alpha value is -1.93. The number of hydrogen-bond acceptors (Lipinski definition) is 2. The van der Waals surface area contributed by atoms with Gasteiger partial charge in [0.05, 0.1) is 6.54 Å². The molecule has 0 spiro atoms. The topological polar surface area (TPSA) is 20.3 Å². The molecular formula is C19H23NO. The molecule has 2 nitrogen and oxygen atoms in total. The Morgan fingerprint density at radius 3 is 2.43 bits per heavy atom. The van der Waals surface area contributed by atoms with Gasteiger partial charge in [-0.15, -0.1) is 0 Å². The van der Waals surface area contributed by atoms with Crippen LogP contribution in [-0.4, -0.2) is 24.3 Å². The second-order valence-corrected chi connectivity index (χ2v) is 5.84. The fourth-order valence-corrected chi connectivity index (χ4v) is 2.50. The lowest BCUT2D eigenvalue weighted by molar-refractivity contribution is 0.0942. The van der Waals surface area contributed by atoms with Gasteiger partial charge in [-0.25, -0.2) is 0 Å². The van der Waals surface area contributed by atoms with Crippen LogP contribution in [0.25, 0.3) is 0 Å². The minimum atomic E-state index is 0.187. The quantitative estimate of drug-likeness (QED) is 0.774. The second-order valence-electron chi connectivity index (χ2n) is 5.84. The van der Waals surface area contributed by atoms with Crippen molar-refractivity contribution >= 4 is 5.78 Å². The van der Waals surface area contributed by atoms with Crippen molar-refractivity contribution in [3.63, 3.8) is 0 Å². The van der Waals surface area contributed by atoms with Gasteiger partial charge in [0.25, 0.3) is 0 Å².